The fraction of sp³-hybridized carbons (Fsp3) is 0.500. The van der Waals surface area contributed by atoms with Gasteiger partial charge in [0.2, 0.25) is 0 Å². The van der Waals surface area contributed by atoms with Crippen LogP contribution < -0.4 is 0 Å². The molecule has 6 nitrogen and oxygen atoms in total. The van der Waals surface area contributed by atoms with Gasteiger partial charge in [0.1, 0.15) is 5.69 Å². The monoisotopic (exact) mass is 463 g/mol. The molecule has 4 aromatic rings. The number of rotatable bonds is 4. The highest BCUT2D eigenvalue weighted by Gasteiger charge is 2.46. The van der Waals surface area contributed by atoms with Gasteiger partial charge in [-0.15, -0.1) is 11.3 Å². The molecule has 3 aromatic heterocycles. The second-order valence-corrected chi connectivity index (χ2v) is 11.1. The number of H-pyrrole nitrogens is 2. The Morgan fingerprint density at radius 3 is 2.27 bits per heavy atom. The third-order valence-electron chi connectivity index (χ3n) is 8.19. The lowest BCUT2D eigenvalue weighted by molar-refractivity contribution is -0.108. The van der Waals surface area contributed by atoms with E-state index in [1.54, 1.807) is 11.3 Å². The van der Waals surface area contributed by atoms with Gasteiger partial charge >= 0.3 is 0 Å². The standard InChI is InChI=1S/C26H33N5OS/c1-30-10-5-18(6-11-30)26(32,19-7-12-31(2)13-8-19)20-4-3-17-15-23(27-22(17)16-20)24-25-21(28-29-24)9-14-33-25/h3-4,9,14-16,18-19,27,32H,5-8,10-13H2,1-2H3,(H,28,29). The van der Waals surface area contributed by atoms with E-state index >= 15 is 0 Å². The first-order chi connectivity index (χ1) is 16.0. The minimum Gasteiger partial charge on any atom is -0.385 e. The molecule has 6 rings (SSSR count). The Morgan fingerprint density at radius 2 is 1.61 bits per heavy atom. The van der Waals surface area contributed by atoms with E-state index in [9.17, 15) is 5.11 Å². The first-order valence-corrected chi connectivity index (χ1v) is 13.0. The first-order valence-electron chi connectivity index (χ1n) is 12.2. The van der Waals surface area contributed by atoms with Crippen molar-refractivity contribution >= 4 is 32.5 Å². The molecule has 5 heterocycles. The predicted molar refractivity (Wildman–Crippen MR) is 136 cm³/mol. The summed E-state index contributed by atoms with van der Waals surface area (Å²) >= 11 is 1.71. The largest absolute Gasteiger partial charge is 0.385 e. The minimum atomic E-state index is -0.782. The second-order valence-electron chi connectivity index (χ2n) is 10.2. The molecule has 2 aliphatic rings. The van der Waals surface area contributed by atoms with Crippen molar-refractivity contribution in [3.63, 3.8) is 0 Å². The van der Waals surface area contributed by atoms with Crippen LogP contribution in [0.1, 0.15) is 31.2 Å². The smallest absolute Gasteiger partial charge is 0.126 e. The van der Waals surface area contributed by atoms with Crippen molar-refractivity contribution in [2.75, 3.05) is 40.3 Å². The normalized spacial score (nSPS) is 20.3. The molecule has 174 valence electrons. The fourth-order valence-corrected chi connectivity index (χ4v) is 6.98. The van der Waals surface area contributed by atoms with Crippen LogP contribution in [0.5, 0.6) is 0 Å². The molecule has 0 saturated carbocycles. The van der Waals surface area contributed by atoms with E-state index in [2.05, 4.69) is 74.8 Å². The molecule has 0 atom stereocenters. The summed E-state index contributed by atoms with van der Waals surface area (Å²) in [6, 6.07) is 10.8. The summed E-state index contributed by atoms with van der Waals surface area (Å²) in [7, 11) is 4.38. The van der Waals surface area contributed by atoms with Gasteiger partial charge in [-0.25, -0.2) is 0 Å². The molecule has 0 aliphatic carbocycles. The van der Waals surface area contributed by atoms with E-state index < -0.39 is 5.60 Å². The molecule has 0 unspecified atom stereocenters. The molecule has 2 aliphatic heterocycles. The molecule has 0 radical (unpaired) electrons. The van der Waals surface area contributed by atoms with Crippen LogP contribution in [-0.4, -0.2) is 70.4 Å². The summed E-state index contributed by atoms with van der Waals surface area (Å²) in [5.41, 5.74) is 4.45. The Hall–Kier alpha value is -2.19. The molecule has 0 bridgehead atoms. The second kappa shape index (κ2) is 8.24. The molecule has 1 aromatic carbocycles. The van der Waals surface area contributed by atoms with Crippen LogP contribution in [0.25, 0.3) is 32.5 Å². The SMILES string of the molecule is CN1CCC(C(O)(c2ccc3cc(-c4n[nH]c5ccsc45)[nH]c3c2)C2CCN(C)CC2)CC1. The Balaban J connectivity index is 1.40. The topological polar surface area (TPSA) is 71.2 Å². The van der Waals surface area contributed by atoms with Crippen LogP contribution in [0.2, 0.25) is 0 Å². The predicted octanol–water partition coefficient (Wildman–Crippen LogP) is 4.64. The number of aromatic nitrogens is 3. The summed E-state index contributed by atoms with van der Waals surface area (Å²) in [5.74, 6) is 0.595. The van der Waals surface area contributed by atoms with E-state index in [1.807, 2.05) is 0 Å². The minimum absolute atomic E-state index is 0.297. The summed E-state index contributed by atoms with van der Waals surface area (Å²) < 4.78 is 1.18. The van der Waals surface area contributed by atoms with Crippen LogP contribution in [-0.2, 0) is 5.60 Å². The van der Waals surface area contributed by atoms with Gasteiger partial charge < -0.3 is 19.9 Å². The van der Waals surface area contributed by atoms with Crippen molar-refractivity contribution in [1.82, 2.24) is 25.0 Å². The van der Waals surface area contributed by atoms with Crippen molar-refractivity contribution in [2.24, 2.45) is 11.8 Å². The number of fused-ring (bicyclic) bond motifs is 2. The quantitative estimate of drug-likeness (QED) is 0.412. The number of nitrogens with one attached hydrogen (secondary N) is 2. The Kier molecular flexibility index (Phi) is 5.33. The van der Waals surface area contributed by atoms with Gasteiger partial charge in [-0.3, -0.25) is 5.10 Å². The number of likely N-dealkylation sites (tertiary alicyclic amines) is 2. The lowest BCUT2D eigenvalue weighted by atomic mass is 9.66. The van der Waals surface area contributed by atoms with Crippen LogP contribution >= 0.6 is 11.3 Å². The van der Waals surface area contributed by atoms with Crippen molar-refractivity contribution < 1.29 is 5.11 Å². The highest BCUT2D eigenvalue weighted by molar-refractivity contribution is 7.17. The molecular weight excluding hydrogens is 430 g/mol. The average molecular weight is 464 g/mol. The Labute approximate surface area is 198 Å². The summed E-state index contributed by atoms with van der Waals surface area (Å²) in [6.07, 6.45) is 4.21. The van der Waals surface area contributed by atoms with Gasteiger partial charge in [0.15, 0.2) is 0 Å². The van der Waals surface area contributed by atoms with Crippen LogP contribution in [0, 0.1) is 11.8 Å². The van der Waals surface area contributed by atoms with E-state index in [1.165, 1.54) is 4.70 Å². The van der Waals surface area contributed by atoms with E-state index in [0.29, 0.717) is 11.8 Å². The molecule has 33 heavy (non-hydrogen) atoms. The van der Waals surface area contributed by atoms with Crippen LogP contribution in [0.4, 0.5) is 0 Å². The Morgan fingerprint density at radius 1 is 0.939 bits per heavy atom. The maximum atomic E-state index is 12.5. The Bertz CT molecular complexity index is 1230. The van der Waals surface area contributed by atoms with E-state index in [-0.39, 0.29) is 0 Å². The molecule has 0 amide bonds. The third kappa shape index (κ3) is 3.62. The number of thiophene rings is 1. The molecule has 2 fully saturated rings. The summed E-state index contributed by atoms with van der Waals surface area (Å²) in [5, 5.41) is 23.4. The van der Waals surface area contributed by atoms with Gasteiger partial charge in [-0.2, -0.15) is 5.10 Å². The maximum absolute atomic E-state index is 12.5. The molecule has 7 heteroatoms. The molecule has 3 N–H and O–H groups in total. The van der Waals surface area contributed by atoms with Gasteiger partial charge in [-0.1, -0.05) is 12.1 Å². The number of aromatic amines is 2. The number of nitrogens with zero attached hydrogens (tertiary/aromatic N) is 3. The number of hydrogen-bond acceptors (Lipinski definition) is 5. The average Bonchev–Trinajstić information content (AvgIpc) is 3.54. The van der Waals surface area contributed by atoms with Crippen molar-refractivity contribution in [2.45, 2.75) is 31.3 Å². The maximum Gasteiger partial charge on any atom is 0.126 e. The summed E-state index contributed by atoms with van der Waals surface area (Å²) in [6.45, 7) is 4.24. The van der Waals surface area contributed by atoms with Gasteiger partial charge in [-0.05, 0) is 107 Å². The zero-order valence-corrected chi connectivity index (χ0v) is 20.3. The zero-order valence-electron chi connectivity index (χ0n) is 19.5. The van der Waals surface area contributed by atoms with Gasteiger partial charge in [0, 0.05) is 10.9 Å². The lowest BCUT2D eigenvalue weighted by Gasteiger charge is -2.48. The fourth-order valence-electron chi connectivity index (χ4n) is 6.14. The lowest BCUT2D eigenvalue weighted by Crippen LogP contribution is -2.50. The highest BCUT2D eigenvalue weighted by atomic mass is 32.1. The van der Waals surface area contributed by atoms with Gasteiger partial charge in [0.25, 0.3) is 0 Å². The number of aliphatic hydroxyl groups is 1. The molecule has 0 spiro atoms. The number of benzene rings is 1. The van der Waals surface area contributed by atoms with Crippen molar-refractivity contribution in [1.29, 1.82) is 0 Å². The van der Waals surface area contributed by atoms with Crippen LogP contribution in [0.3, 0.4) is 0 Å². The van der Waals surface area contributed by atoms with E-state index in [0.717, 1.165) is 85.2 Å². The third-order valence-corrected chi connectivity index (χ3v) is 9.11. The summed E-state index contributed by atoms with van der Waals surface area (Å²) in [4.78, 5) is 8.39. The van der Waals surface area contributed by atoms with Crippen LogP contribution in [0.15, 0.2) is 35.7 Å². The molecular formula is C26H33N5OS. The van der Waals surface area contributed by atoms with Crippen molar-refractivity contribution in [3.8, 4) is 11.4 Å². The number of piperidine rings is 2. The number of hydrogen-bond donors (Lipinski definition) is 3. The zero-order chi connectivity index (χ0) is 22.6. The first kappa shape index (κ1) is 21.4. The van der Waals surface area contributed by atoms with Gasteiger partial charge in [0.05, 0.1) is 21.5 Å². The highest BCUT2D eigenvalue weighted by Crippen LogP contribution is 2.46. The van der Waals surface area contributed by atoms with E-state index in [4.69, 9.17) is 0 Å². The van der Waals surface area contributed by atoms with Crippen molar-refractivity contribution in [3.05, 3.63) is 41.3 Å². The molecule has 2 saturated heterocycles.